The summed E-state index contributed by atoms with van der Waals surface area (Å²) in [6.45, 7) is 7.87. The van der Waals surface area contributed by atoms with E-state index < -0.39 is 11.4 Å². The van der Waals surface area contributed by atoms with Crippen LogP contribution in [0.2, 0.25) is 0 Å². The van der Waals surface area contributed by atoms with Gasteiger partial charge in [-0.05, 0) is 68.0 Å². The van der Waals surface area contributed by atoms with Crippen LogP contribution in [0.1, 0.15) is 84.6 Å². The second kappa shape index (κ2) is 13.0. The minimum atomic E-state index is -1.14. The standard InChI is InChI=1S/C28H38N2O2/c1-5-6-7-8-9-10-11-12-23-13-18-26(30-20-23)24-14-16-25(17-15-24)32-27(31)28(4,21-29)19-22(2)3/h13-18,20,22H,5-12,19H2,1-4H3. The Balaban J connectivity index is 1.87. The van der Waals surface area contributed by atoms with Crippen molar-refractivity contribution in [2.75, 3.05) is 0 Å². The summed E-state index contributed by atoms with van der Waals surface area (Å²) in [5.74, 6) is 0.170. The molecule has 2 aromatic rings. The quantitative estimate of drug-likeness (QED) is 0.186. The predicted molar refractivity (Wildman–Crippen MR) is 130 cm³/mol. The Morgan fingerprint density at radius 2 is 1.69 bits per heavy atom. The first kappa shape index (κ1) is 25.6. The Hall–Kier alpha value is -2.67. The van der Waals surface area contributed by atoms with Crippen molar-refractivity contribution in [3.05, 3.63) is 48.2 Å². The van der Waals surface area contributed by atoms with Crippen LogP contribution in [0, 0.1) is 22.7 Å². The highest BCUT2D eigenvalue weighted by Gasteiger charge is 2.36. The van der Waals surface area contributed by atoms with Crippen LogP contribution in [0.5, 0.6) is 5.75 Å². The number of benzene rings is 1. The van der Waals surface area contributed by atoms with Gasteiger partial charge in [-0.2, -0.15) is 5.26 Å². The van der Waals surface area contributed by atoms with Gasteiger partial charge in [-0.1, -0.05) is 65.4 Å². The van der Waals surface area contributed by atoms with Gasteiger partial charge in [-0.3, -0.25) is 4.98 Å². The molecule has 0 N–H and O–H groups in total. The summed E-state index contributed by atoms with van der Waals surface area (Å²) in [4.78, 5) is 17.1. The fraction of sp³-hybridized carbons (Fsp3) is 0.536. The number of carbonyl (C=O) groups is 1. The van der Waals surface area contributed by atoms with Crippen molar-refractivity contribution in [1.29, 1.82) is 5.26 Å². The van der Waals surface area contributed by atoms with Crippen molar-refractivity contribution in [2.45, 2.75) is 85.5 Å². The van der Waals surface area contributed by atoms with E-state index in [0.29, 0.717) is 12.2 Å². The van der Waals surface area contributed by atoms with E-state index in [1.807, 2.05) is 38.2 Å². The normalized spacial score (nSPS) is 12.9. The molecule has 0 amide bonds. The van der Waals surface area contributed by atoms with E-state index in [0.717, 1.165) is 17.7 Å². The fourth-order valence-corrected chi connectivity index (χ4v) is 3.93. The predicted octanol–water partition coefficient (Wildman–Crippen LogP) is 7.52. The molecule has 4 nitrogen and oxygen atoms in total. The summed E-state index contributed by atoms with van der Waals surface area (Å²) in [5, 5.41) is 9.45. The molecule has 0 aliphatic rings. The largest absolute Gasteiger partial charge is 0.425 e. The molecular formula is C28H38N2O2. The Kier molecular flexibility index (Phi) is 10.4. The van der Waals surface area contributed by atoms with Gasteiger partial charge in [0.15, 0.2) is 5.41 Å². The zero-order chi connectivity index (χ0) is 23.4. The number of nitriles is 1. The number of ether oxygens (including phenoxy) is 1. The number of nitrogens with zero attached hydrogens (tertiary/aromatic N) is 2. The van der Waals surface area contributed by atoms with E-state index in [1.54, 1.807) is 19.1 Å². The number of carbonyl (C=O) groups excluding carboxylic acids is 1. The third kappa shape index (κ3) is 8.11. The summed E-state index contributed by atoms with van der Waals surface area (Å²) < 4.78 is 5.49. The molecule has 0 saturated heterocycles. The number of hydrogen-bond donors (Lipinski definition) is 0. The summed E-state index contributed by atoms with van der Waals surface area (Å²) in [7, 11) is 0. The maximum Gasteiger partial charge on any atom is 0.331 e. The van der Waals surface area contributed by atoms with Gasteiger partial charge in [-0.15, -0.1) is 0 Å². The van der Waals surface area contributed by atoms with Gasteiger partial charge in [0.2, 0.25) is 0 Å². The number of esters is 1. The topological polar surface area (TPSA) is 63.0 Å². The lowest BCUT2D eigenvalue weighted by atomic mass is 9.83. The molecule has 1 heterocycles. The molecule has 172 valence electrons. The number of aromatic nitrogens is 1. The molecule has 2 rings (SSSR count). The van der Waals surface area contributed by atoms with E-state index in [4.69, 9.17) is 4.74 Å². The maximum absolute atomic E-state index is 12.5. The van der Waals surface area contributed by atoms with Gasteiger partial charge in [-0.25, -0.2) is 4.79 Å². The zero-order valence-electron chi connectivity index (χ0n) is 20.2. The van der Waals surface area contributed by atoms with Crippen molar-refractivity contribution in [2.24, 2.45) is 11.3 Å². The lowest BCUT2D eigenvalue weighted by Crippen LogP contribution is -2.32. The lowest BCUT2D eigenvalue weighted by molar-refractivity contribution is -0.142. The van der Waals surface area contributed by atoms with E-state index in [-0.39, 0.29) is 5.92 Å². The Bertz CT molecular complexity index is 866. The summed E-state index contributed by atoms with van der Waals surface area (Å²) in [6, 6.07) is 13.6. The summed E-state index contributed by atoms with van der Waals surface area (Å²) >= 11 is 0. The number of rotatable bonds is 13. The Morgan fingerprint density at radius 3 is 2.25 bits per heavy atom. The highest BCUT2D eigenvalue weighted by atomic mass is 16.5. The highest BCUT2D eigenvalue weighted by molar-refractivity contribution is 5.81. The second-order valence-electron chi connectivity index (χ2n) is 9.38. The van der Waals surface area contributed by atoms with Crippen LogP contribution >= 0.6 is 0 Å². The SMILES string of the molecule is CCCCCCCCCc1ccc(-c2ccc(OC(=O)C(C)(C#N)CC(C)C)cc2)nc1. The molecule has 32 heavy (non-hydrogen) atoms. The average Bonchev–Trinajstić information content (AvgIpc) is 2.79. The van der Waals surface area contributed by atoms with Gasteiger partial charge in [0.1, 0.15) is 5.75 Å². The van der Waals surface area contributed by atoms with Crippen LogP contribution in [-0.4, -0.2) is 11.0 Å². The second-order valence-corrected chi connectivity index (χ2v) is 9.38. The Labute approximate surface area is 194 Å². The number of unbranched alkanes of at least 4 members (excludes halogenated alkanes) is 6. The van der Waals surface area contributed by atoms with E-state index in [2.05, 4.69) is 24.0 Å². The smallest absolute Gasteiger partial charge is 0.331 e. The third-order valence-electron chi connectivity index (χ3n) is 5.77. The number of hydrogen-bond acceptors (Lipinski definition) is 4. The van der Waals surface area contributed by atoms with Gasteiger partial charge < -0.3 is 4.74 Å². The molecule has 0 spiro atoms. The summed E-state index contributed by atoms with van der Waals surface area (Å²) in [6.07, 6.45) is 12.7. The van der Waals surface area contributed by atoms with Crippen LogP contribution in [0.15, 0.2) is 42.6 Å². The van der Waals surface area contributed by atoms with Crippen molar-refractivity contribution in [1.82, 2.24) is 4.98 Å². The average molecular weight is 435 g/mol. The first-order valence-corrected chi connectivity index (χ1v) is 12.1. The van der Waals surface area contributed by atoms with E-state index in [9.17, 15) is 10.1 Å². The van der Waals surface area contributed by atoms with Gasteiger partial charge >= 0.3 is 5.97 Å². The highest BCUT2D eigenvalue weighted by Crippen LogP contribution is 2.29. The molecular weight excluding hydrogens is 396 g/mol. The van der Waals surface area contributed by atoms with E-state index >= 15 is 0 Å². The molecule has 1 aromatic heterocycles. The molecule has 0 saturated carbocycles. The van der Waals surface area contributed by atoms with Gasteiger partial charge in [0.25, 0.3) is 0 Å². The monoisotopic (exact) mass is 434 g/mol. The van der Waals surface area contributed by atoms with Crippen molar-refractivity contribution in [3.8, 4) is 23.1 Å². The van der Waals surface area contributed by atoms with Gasteiger partial charge in [0.05, 0.1) is 11.8 Å². The first-order chi connectivity index (χ1) is 15.4. The van der Waals surface area contributed by atoms with Crippen LogP contribution in [0.25, 0.3) is 11.3 Å². The zero-order valence-corrected chi connectivity index (χ0v) is 20.2. The maximum atomic E-state index is 12.5. The molecule has 1 unspecified atom stereocenters. The molecule has 0 bridgehead atoms. The third-order valence-corrected chi connectivity index (χ3v) is 5.77. The van der Waals surface area contributed by atoms with Crippen molar-refractivity contribution < 1.29 is 9.53 Å². The number of aryl methyl sites for hydroxylation is 1. The van der Waals surface area contributed by atoms with E-state index in [1.165, 1.54) is 50.5 Å². The number of pyridine rings is 1. The Morgan fingerprint density at radius 1 is 1.03 bits per heavy atom. The van der Waals surface area contributed by atoms with Crippen LogP contribution < -0.4 is 4.74 Å². The fourth-order valence-electron chi connectivity index (χ4n) is 3.93. The van der Waals surface area contributed by atoms with Crippen molar-refractivity contribution >= 4 is 5.97 Å². The molecule has 0 fully saturated rings. The molecule has 4 heteroatoms. The molecule has 1 atom stereocenters. The molecule has 0 aliphatic heterocycles. The first-order valence-electron chi connectivity index (χ1n) is 12.1. The summed E-state index contributed by atoms with van der Waals surface area (Å²) in [5.41, 5.74) is 2.00. The molecule has 0 aliphatic carbocycles. The van der Waals surface area contributed by atoms with Crippen LogP contribution in [0.3, 0.4) is 0 Å². The minimum Gasteiger partial charge on any atom is -0.425 e. The van der Waals surface area contributed by atoms with Crippen molar-refractivity contribution in [3.63, 3.8) is 0 Å². The molecule has 1 aromatic carbocycles. The minimum absolute atomic E-state index is 0.231. The lowest BCUT2D eigenvalue weighted by Gasteiger charge is -2.21. The van der Waals surface area contributed by atoms with Crippen LogP contribution in [-0.2, 0) is 11.2 Å². The van der Waals surface area contributed by atoms with Gasteiger partial charge in [0, 0.05) is 11.8 Å². The van der Waals surface area contributed by atoms with Crippen LogP contribution in [0.4, 0.5) is 0 Å². The molecule has 0 radical (unpaired) electrons.